The number of anilines is 1. The standard InChI is InChI=1S/C14H15BrN2O2/c1-3-17-9-10(15)8-12(17)14(18)16-11-6-4-5-7-13(11)19-2/h4-9H,3H2,1-2H3,(H,16,18). The van der Waals surface area contributed by atoms with Crippen molar-refractivity contribution >= 4 is 27.5 Å². The number of carbonyl (C=O) groups excluding carboxylic acids is 1. The van der Waals surface area contributed by atoms with E-state index in [2.05, 4.69) is 21.2 Å². The van der Waals surface area contributed by atoms with Crippen LogP contribution in [0.4, 0.5) is 5.69 Å². The number of hydrogen-bond acceptors (Lipinski definition) is 2. The molecule has 0 bridgehead atoms. The molecule has 5 heteroatoms. The van der Waals surface area contributed by atoms with E-state index < -0.39 is 0 Å². The number of hydrogen-bond donors (Lipinski definition) is 1. The molecule has 19 heavy (non-hydrogen) atoms. The molecule has 0 saturated heterocycles. The first-order valence-corrected chi connectivity index (χ1v) is 6.75. The zero-order valence-corrected chi connectivity index (χ0v) is 12.4. The van der Waals surface area contributed by atoms with E-state index in [1.807, 2.05) is 42.0 Å². The van der Waals surface area contributed by atoms with Crippen molar-refractivity contribution < 1.29 is 9.53 Å². The molecule has 0 radical (unpaired) electrons. The molecule has 1 amide bonds. The van der Waals surface area contributed by atoms with Crippen LogP contribution in [0.5, 0.6) is 5.75 Å². The van der Waals surface area contributed by atoms with Gasteiger partial charge in [-0.2, -0.15) is 0 Å². The highest BCUT2D eigenvalue weighted by Crippen LogP contribution is 2.24. The lowest BCUT2D eigenvalue weighted by Gasteiger charge is -2.10. The van der Waals surface area contributed by atoms with Gasteiger partial charge in [0, 0.05) is 17.2 Å². The number of amides is 1. The molecular weight excluding hydrogens is 308 g/mol. The molecule has 0 spiro atoms. The molecule has 1 aromatic carbocycles. The summed E-state index contributed by atoms with van der Waals surface area (Å²) in [5, 5.41) is 2.86. The minimum absolute atomic E-state index is 0.156. The fourth-order valence-corrected chi connectivity index (χ4v) is 2.33. The van der Waals surface area contributed by atoms with E-state index >= 15 is 0 Å². The van der Waals surface area contributed by atoms with Crippen LogP contribution < -0.4 is 10.1 Å². The summed E-state index contributed by atoms with van der Waals surface area (Å²) in [6, 6.07) is 9.14. The fourth-order valence-electron chi connectivity index (χ4n) is 1.86. The number of aryl methyl sites for hydroxylation is 1. The van der Waals surface area contributed by atoms with Gasteiger partial charge >= 0.3 is 0 Å². The van der Waals surface area contributed by atoms with Crippen LogP contribution in [0.2, 0.25) is 0 Å². The number of aromatic nitrogens is 1. The van der Waals surface area contributed by atoms with Gasteiger partial charge in [0.25, 0.3) is 5.91 Å². The Bertz CT molecular complexity index is 593. The highest BCUT2D eigenvalue weighted by Gasteiger charge is 2.14. The number of benzene rings is 1. The Hall–Kier alpha value is -1.75. The van der Waals surface area contributed by atoms with Crippen LogP contribution in [0.3, 0.4) is 0 Å². The Morgan fingerprint density at radius 1 is 1.42 bits per heavy atom. The molecule has 0 fully saturated rings. The van der Waals surface area contributed by atoms with Gasteiger partial charge in [0.05, 0.1) is 12.8 Å². The summed E-state index contributed by atoms with van der Waals surface area (Å²) in [6.45, 7) is 2.73. The molecule has 0 unspecified atom stereocenters. The maximum absolute atomic E-state index is 12.3. The smallest absolute Gasteiger partial charge is 0.272 e. The van der Waals surface area contributed by atoms with E-state index in [9.17, 15) is 4.79 Å². The van der Waals surface area contributed by atoms with Crippen LogP contribution in [0.15, 0.2) is 41.0 Å². The average Bonchev–Trinajstić information content (AvgIpc) is 2.80. The van der Waals surface area contributed by atoms with Crippen LogP contribution in [-0.2, 0) is 6.54 Å². The summed E-state index contributed by atoms with van der Waals surface area (Å²) in [5.74, 6) is 0.488. The molecule has 0 aliphatic carbocycles. The number of carbonyl (C=O) groups is 1. The monoisotopic (exact) mass is 322 g/mol. The molecule has 100 valence electrons. The van der Waals surface area contributed by atoms with Gasteiger partial charge in [0.15, 0.2) is 0 Å². The minimum Gasteiger partial charge on any atom is -0.495 e. The van der Waals surface area contributed by atoms with Gasteiger partial charge in [-0.05, 0) is 41.1 Å². The van der Waals surface area contributed by atoms with Gasteiger partial charge in [0.1, 0.15) is 11.4 Å². The SMILES string of the molecule is CCn1cc(Br)cc1C(=O)Nc1ccccc1OC. The summed E-state index contributed by atoms with van der Waals surface area (Å²) < 4.78 is 7.99. The molecule has 0 saturated carbocycles. The average molecular weight is 323 g/mol. The van der Waals surface area contributed by atoms with Crippen LogP contribution in [0, 0.1) is 0 Å². The first-order valence-electron chi connectivity index (χ1n) is 5.95. The summed E-state index contributed by atoms with van der Waals surface area (Å²) in [5.41, 5.74) is 1.27. The Morgan fingerprint density at radius 3 is 2.84 bits per heavy atom. The van der Waals surface area contributed by atoms with Crippen molar-refractivity contribution in [2.75, 3.05) is 12.4 Å². The summed E-state index contributed by atoms with van der Waals surface area (Å²) in [4.78, 5) is 12.3. The third-order valence-corrected chi connectivity index (χ3v) is 3.23. The third kappa shape index (κ3) is 2.98. The molecule has 0 atom stereocenters. The number of ether oxygens (including phenoxy) is 1. The summed E-state index contributed by atoms with van der Waals surface area (Å²) in [6.07, 6.45) is 1.89. The Balaban J connectivity index is 2.25. The lowest BCUT2D eigenvalue weighted by atomic mass is 10.3. The van der Waals surface area contributed by atoms with Gasteiger partial charge in [-0.25, -0.2) is 0 Å². The van der Waals surface area contributed by atoms with Crippen molar-refractivity contribution in [3.63, 3.8) is 0 Å². The topological polar surface area (TPSA) is 43.3 Å². The zero-order chi connectivity index (χ0) is 13.8. The molecule has 0 aliphatic heterocycles. The molecular formula is C14H15BrN2O2. The van der Waals surface area contributed by atoms with Crippen molar-refractivity contribution in [1.82, 2.24) is 4.57 Å². The first kappa shape index (κ1) is 13.7. The quantitative estimate of drug-likeness (QED) is 0.935. The summed E-state index contributed by atoms with van der Waals surface area (Å²) in [7, 11) is 1.58. The van der Waals surface area contributed by atoms with E-state index in [4.69, 9.17) is 4.74 Å². The van der Waals surface area contributed by atoms with Crippen LogP contribution in [0.1, 0.15) is 17.4 Å². The maximum atomic E-state index is 12.3. The molecule has 4 nitrogen and oxygen atoms in total. The predicted molar refractivity (Wildman–Crippen MR) is 78.8 cm³/mol. The zero-order valence-electron chi connectivity index (χ0n) is 10.8. The van der Waals surface area contributed by atoms with E-state index in [1.165, 1.54) is 0 Å². The normalized spacial score (nSPS) is 10.3. The van der Waals surface area contributed by atoms with Crippen molar-refractivity contribution in [2.45, 2.75) is 13.5 Å². The Kier molecular flexibility index (Phi) is 4.27. The Morgan fingerprint density at radius 2 is 2.16 bits per heavy atom. The van der Waals surface area contributed by atoms with Gasteiger partial charge in [-0.15, -0.1) is 0 Å². The van der Waals surface area contributed by atoms with E-state index in [0.29, 0.717) is 17.1 Å². The number of rotatable bonds is 4. The Labute approximate surface area is 120 Å². The number of nitrogens with zero attached hydrogens (tertiary/aromatic N) is 1. The first-order chi connectivity index (χ1) is 9.15. The van der Waals surface area contributed by atoms with E-state index in [-0.39, 0.29) is 5.91 Å². The molecule has 2 rings (SSSR count). The second-order valence-corrected chi connectivity index (χ2v) is 4.90. The minimum atomic E-state index is -0.156. The number of methoxy groups -OCH3 is 1. The van der Waals surface area contributed by atoms with Crippen molar-refractivity contribution in [2.24, 2.45) is 0 Å². The largest absolute Gasteiger partial charge is 0.495 e. The molecule has 1 heterocycles. The van der Waals surface area contributed by atoms with Crippen LogP contribution >= 0.6 is 15.9 Å². The van der Waals surface area contributed by atoms with Crippen LogP contribution in [-0.4, -0.2) is 17.6 Å². The second kappa shape index (κ2) is 5.93. The van der Waals surface area contributed by atoms with E-state index in [1.54, 1.807) is 13.2 Å². The van der Waals surface area contributed by atoms with Crippen LogP contribution in [0.25, 0.3) is 0 Å². The lowest BCUT2D eigenvalue weighted by molar-refractivity contribution is 0.101. The van der Waals surface area contributed by atoms with Crippen molar-refractivity contribution in [3.8, 4) is 5.75 Å². The van der Waals surface area contributed by atoms with Gasteiger partial charge in [-0.3, -0.25) is 4.79 Å². The van der Waals surface area contributed by atoms with Gasteiger partial charge < -0.3 is 14.6 Å². The number of halogens is 1. The lowest BCUT2D eigenvalue weighted by Crippen LogP contribution is -2.16. The molecule has 2 aromatic rings. The van der Waals surface area contributed by atoms with Gasteiger partial charge in [-0.1, -0.05) is 12.1 Å². The highest BCUT2D eigenvalue weighted by atomic mass is 79.9. The summed E-state index contributed by atoms with van der Waals surface area (Å²) >= 11 is 3.38. The van der Waals surface area contributed by atoms with Crippen molar-refractivity contribution in [3.05, 3.63) is 46.7 Å². The molecule has 1 N–H and O–H groups in total. The van der Waals surface area contributed by atoms with Crippen molar-refractivity contribution in [1.29, 1.82) is 0 Å². The molecule has 1 aromatic heterocycles. The maximum Gasteiger partial charge on any atom is 0.272 e. The highest BCUT2D eigenvalue weighted by molar-refractivity contribution is 9.10. The second-order valence-electron chi connectivity index (χ2n) is 3.98. The number of para-hydroxylation sites is 2. The number of nitrogens with one attached hydrogen (secondary N) is 1. The van der Waals surface area contributed by atoms with Gasteiger partial charge in [0.2, 0.25) is 0 Å². The third-order valence-electron chi connectivity index (χ3n) is 2.79. The molecule has 0 aliphatic rings. The van der Waals surface area contributed by atoms with E-state index in [0.717, 1.165) is 11.0 Å². The predicted octanol–water partition coefficient (Wildman–Crippen LogP) is 3.53. The fraction of sp³-hybridized carbons (Fsp3) is 0.214.